The Kier molecular flexibility index (Phi) is 3.81. The summed E-state index contributed by atoms with van der Waals surface area (Å²) >= 11 is 1.41. The van der Waals surface area contributed by atoms with E-state index in [2.05, 4.69) is 47.2 Å². The molecule has 1 aromatic heterocycles. The molecule has 2 unspecified atom stereocenters. The molecule has 0 bridgehead atoms. The lowest BCUT2D eigenvalue weighted by molar-refractivity contribution is 0.115. The number of hydrogen-bond acceptors (Lipinski definition) is 4. The van der Waals surface area contributed by atoms with Crippen LogP contribution >= 0.6 is 11.8 Å². The van der Waals surface area contributed by atoms with Crippen LogP contribution in [0.5, 0.6) is 5.88 Å². The van der Waals surface area contributed by atoms with E-state index >= 15 is 0 Å². The molecule has 4 nitrogen and oxygen atoms in total. The second-order valence-corrected chi connectivity index (χ2v) is 6.94. The van der Waals surface area contributed by atoms with Gasteiger partial charge in [-0.15, -0.1) is 0 Å². The summed E-state index contributed by atoms with van der Waals surface area (Å²) in [4.78, 5) is 19.5. The molecule has 0 saturated carbocycles. The van der Waals surface area contributed by atoms with Crippen LogP contribution in [-0.4, -0.2) is 16.2 Å². The Balaban J connectivity index is 1.83. The Bertz CT molecular complexity index is 962. The molecule has 2 heterocycles. The molecule has 1 aliphatic heterocycles. The standard InChI is InChI=1S/C19H18N2O2S/c1-11-10-15-17(22)20-19(24-2)21-18(15)23-16(11)14-9-5-7-12-6-3-4-8-13(12)14/h3-9,11,16H,10H2,1-2H3,(H,20,21,22). The number of nitrogens with one attached hydrogen (secondary N) is 1. The highest BCUT2D eigenvalue weighted by atomic mass is 32.2. The van der Waals surface area contributed by atoms with Gasteiger partial charge in [-0.05, 0) is 23.4 Å². The summed E-state index contributed by atoms with van der Waals surface area (Å²) in [5.41, 5.74) is 1.71. The van der Waals surface area contributed by atoms with Gasteiger partial charge in [-0.3, -0.25) is 4.79 Å². The Labute approximate surface area is 144 Å². The van der Waals surface area contributed by atoms with Gasteiger partial charge in [-0.2, -0.15) is 4.98 Å². The lowest BCUT2D eigenvalue weighted by Crippen LogP contribution is -2.30. The molecule has 0 radical (unpaired) electrons. The van der Waals surface area contributed by atoms with Crippen molar-refractivity contribution in [1.82, 2.24) is 9.97 Å². The SMILES string of the molecule is CSc1nc2c(c(=O)[nH]1)CC(C)C(c1cccc3ccccc13)O2. The van der Waals surface area contributed by atoms with Crippen LogP contribution in [0.15, 0.2) is 52.4 Å². The molecule has 1 aliphatic rings. The molecule has 4 rings (SSSR count). The molecule has 3 aromatic rings. The minimum absolute atomic E-state index is 0.0902. The van der Waals surface area contributed by atoms with E-state index in [0.717, 1.165) is 5.56 Å². The van der Waals surface area contributed by atoms with Gasteiger partial charge < -0.3 is 9.72 Å². The third-order valence-corrected chi connectivity index (χ3v) is 5.14. The van der Waals surface area contributed by atoms with Gasteiger partial charge in [0.05, 0.1) is 5.56 Å². The highest BCUT2D eigenvalue weighted by molar-refractivity contribution is 7.98. The van der Waals surface area contributed by atoms with Crippen LogP contribution < -0.4 is 10.3 Å². The second-order valence-electron chi connectivity index (χ2n) is 6.15. The van der Waals surface area contributed by atoms with Crippen LogP contribution in [-0.2, 0) is 6.42 Å². The number of ether oxygens (including phenoxy) is 1. The topological polar surface area (TPSA) is 55.0 Å². The van der Waals surface area contributed by atoms with Crippen molar-refractivity contribution in [2.45, 2.75) is 24.6 Å². The highest BCUT2D eigenvalue weighted by Crippen LogP contribution is 2.38. The van der Waals surface area contributed by atoms with Gasteiger partial charge in [0.1, 0.15) is 6.10 Å². The van der Waals surface area contributed by atoms with Crippen molar-refractivity contribution < 1.29 is 4.74 Å². The van der Waals surface area contributed by atoms with Crippen LogP contribution in [0, 0.1) is 5.92 Å². The predicted octanol–water partition coefficient (Wildman–Crippen LogP) is 3.96. The van der Waals surface area contributed by atoms with Gasteiger partial charge in [0.2, 0.25) is 5.88 Å². The summed E-state index contributed by atoms with van der Waals surface area (Å²) < 4.78 is 6.22. The Morgan fingerprint density at radius 3 is 2.83 bits per heavy atom. The molecule has 0 fully saturated rings. The van der Waals surface area contributed by atoms with Crippen LogP contribution in [0.25, 0.3) is 10.8 Å². The largest absolute Gasteiger partial charge is 0.469 e. The summed E-state index contributed by atoms with van der Waals surface area (Å²) in [5.74, 6) is 0.672. The van der Waals surface area contributed by atoms with E-state index in [-0.39, 0.29) is 17.6 Å². The number of thioether (sulfide) groups is 1. The highest BCUT2D eigenvalue weighted by Gasteiger charge is 2.32. The van der Waals surface area contributed by atoms with E-state index in [0.29, 0.717) is 23.0 Å². The van der Waals surface area contributed by atoms with E-state index in [1.807, 2.05) is 18.4 Å². The first kappa shape index (κ1) is 15.3. The van der Waals surface area contributed by atoms with Crippen molar-refractivity contribution in [2.75, 3.05) is 6.26 Å². The summed E-state index contributed by atoms with van der Waals surface area (Å²) in [5, 5.41) is 2.97. The minimum Gasteiger partial charge on any atom is -0.469 e. The summed E-state index contributed by atoms with van der Waals surface area (Å²) in [6.45, 7) is 2.12. The Morgan fingerprint density at radius 2 is 2.00 bits per heavy atom. The van der Waals surface area contributed by atoms with E-state index in [1.165, 1.54) is 22.5 Å². The van der Waals surface area contributed by atoms with Crippen LogP contribution in [0.3, 0.4) is 0 Å². The zero-order valence-electron chi connectivity index (χ0n) is 13.6. The van der Waals surface area contributed by atoms with Gasteiger partial charge in [0.25, 0.3) is 5.56 Å². The number of aromatic nitrogens is 2. The molecule has 122 valence electrons. The summed E-state index contributed by atoms with van der Waals surface area (Å²) in [6.07, 6.45) is 2.45. The fraction of sp³-hybridized carbons (Fsp3) is 0.263. The molecular formula is C19H18N2O2S. The maximum absolute atomic E-state index is 12.3. The predicted molar refractivity (Wildman–Crippen MR) is 96.8 cm³/mol. The fourth-order valence-electron chi connectivity index (χ4n) is 3.37. The average molecular weight is 338 g/mol. The number of hydrogen-bond donors (Lipinski definition) is 1. The first-order valence-corrected chi connectivity index (χ1v) is 9.21. The van der Waals surface area contributed by atoms with E-state index < -0.39 is 0 Å². The van der Waals surface area contributed by atoms with E-state index in [4.69, 9.17) is 4.74 Å². The van der Waals surface area contributed by atoms with Crippen molar-refractivity contribution in [3.05, 3.63) is 63.9 Å². The third kappa shape index (κ3) is 2.49. The van der Waals surface area contributed by atoms with Gasteiger partial charge in [-0.25, -0.2) is 0 Å². The van der Waals surface area contributed by atoms with Crippen molar-refractivity contribution in [3.8, 4) is 5.88 Å². The smallest absolute Gasteiger partial charge is 0.258 e. The van der Waals surface area contributed by atoms with Crippen LogP contribution in [0.4, 0.5) is 0 Å². The van der Waals surface area contributed by atoms with E-state index in [9.17, 15) is 4.79 Å². The van der Waals surface area contributed by atoms with Crippen molar-refractivity contribution >= 4 is 22.5 Å². The Hall–Kier alpha value is -2.27. The molecular weight excluding hydrogens is 320 g/mol. The first-order valence-electron chi connectivity index (χ1n) is 7.99. The lowest BCUT2D eigenvalue weighted by atomic mass is 9.87. The first-order chi connectivity index (χ1) is 11.7. The maximum Gasteiger partial charge on any atom is 0.258 e. The molecule has 1 N–H and O–H groups in total. The van der Waals surface area contributed by atoms with E-state index in [1.54, 1.807) is 0 Å². The third-order valence-electron chi connectivity index (χ3n) is 4.56. The number of aromatic amines is 1. The molecule has 0 saturated heterocycles. The quantitative estimate of drug-likeness (QED) is 0.568. The average Bonchev–Trinajstić information content (AvgIpc) is 2.61. The van der Waals surface area contributed by atoms with Gasteiger partial charge in [0.15, 0.2) is 5.16 Å². The van der Waals surface area contributed by atoms with Gasteiger partial charge in [0, 0.05) is 11.5 Å². The number of H-pyrrole nitrogens is 1. The lowest BCUT2D eigenvalue weighted by Gasteiger charge is -2.31. The zero-order chi connectivity index (χ0) is 16.7. The number of fused-ring (bicyclic) bond motifs is 2. The molecule has 0 spiro atoms. The number of rotatable bonds is 2. The number of benzene rings is 2. The molecule has 0 amide bonds. The van der Waals surface area contributed by atoms with Crippen LogP contribution in [0.2, 0.25) is 0 Å². The van der Waals surface area contributed by atoms with Crippen molar-refractivity contribution in [3.63, 3.8) is 0 Å². The molecule has 0 aliphatic carbocycles. The summed E-state index contributed by atoms with van der Waals surface area (Å²) in [6, 6.07) is 14.6. The molecule has 5 heteroatoms. The van der Waals surface area contributed by atoms with Crippen molar-refractivity contribution in [1.29, 1.82) is 0 Å². The van der Waals surface area contributed by atoms with Gasteiger partial charge >= 0.3 is 0 Å². The maximum atomic E-state index is 12.3. The minimum atomic E-state index is -0.104. The molecule has 2 aromatic carbocycles. The van der Waals surface area contributed by atoms with Crippen molar-refractivity contribution in [2.24, 2.45) is 5.92 Å². The normalized spacial score (nSPS) is 19.8. The number of nitrogens with zero attached hydrogens (tertiary/aromatic N) is 1. The molecule has 2 atom stereocenters. The molecule has 24 heavy (non-hydrogen) atoms. The van der Waals surface area contributed by atoms with Crippen LogP contribution in [0.1, 0.15) is 24.2 Å². The second kappa shape index (κ2) is 5.98. The van der Waals surface area contributed by atoms with Gasteiger partial charge in [-0.1, -0.05) is 61.2 Å². The zero-order valence-corrected chi connectivity index (χ0v) is 14.4. The Morgan fingerprint density at radius 1 is 1.21 bits per heavy atom. The monoisotopic (exact) mass is 338 g/mol. The summed E-state index contributed by atoms with van der Waals surface area (Å²) in [7, 11) is 0. The fourth-order valence-corrected chi connectivity index (χ4v) is 3.73.